The quantitative estimate of drug-likeness (QED) is 0.562. The molecule has 9 nitrogen and oxygen atoms in total. The molecule has 2 amide bonds. The number of carbonyl (C=O) groups is 3. The van der Waals surface area contributed by atoms with Gasteiger partial charge in [-0.2, -0.15) is 0 Å². The molecule has 168 valence electrons. The zero-order valence-electron chi connectivity index (χ0n) is 17.9. The van der Waals surface area contributed by atoms with E-state index in [0.717, 1.165) is 21.9 Å². The molecule has 1 aromatic carbocycles. The summed E-state index contributed by atoms with van der Waals surface area (Å²) >= 11 is 0. The van der Waals surface area contributed by atoms with Crippen molar-refractivity contribution in [1.82, 2.24) is 10.2 Å². The number of carbonyl (C=O) groups excluding carboxylic acids is 2. The summed E-state index contributed by atoms with van der Waals surface area (Å²) in [5.74, 6) is -1.86. The van der Waals surface area contributed by atoms with Gasteiger partial charge in [-0.3, -0.25) is 9.59 Å². The Balaban J connectivity index is 1.43. The van der Waals surface area contributed by atoms with E-state index in [4.69, 9.17) is 8.83 Å². The molecule has 3 aromatic rings. The van der Waals surface area contributed by atoms with Gasteiger partial charge in [0.1, 0.15) is 17.2 Å². The fraction of sp³-hybridized carbons (Fsp3) is 0.391. The van der Waals surface area contributed by atoms with Crippen molar-refractivity contribution in [2.24, 2.45) is 0 Å². The fourth-order valence-electron chi connectivity index (χ4n) is 4.25. The van der Waals surface area contributed by atoms with Crippen LogP contribution in [0, 0.1) is 13.8 Å². The van der Waals surface area contributed by atoms with Crippen LogP contribution in [0.25, 0.3) is 21.9 Å². The number of carboxylic acids is 1. The van der Waals surface area contributed by atoms with Gasteiger partial charge >= 0.3 is 11.6 Å². The van der Waals surface area contributed by atoms with Gasteiger partial charge in [0.2, 0.25) is 11.8 Å². The smallest absolute Gasteiger partial charge is 0.339 e. The molecule has 0 radical (unpaired) electrons. The van der Waals surface area contributed by atoms with Crippen molar-refractivity contribution in [3.05, 3.63) is 45.5 Å². The van der Waals surface area contributed by atoms with Gasteiger partial charge in [-0.25, -0.2) is 9.59 Å². The number of carboxylic acid groups (broad SMARTS) is 1. The van der Waals surface area contributed by atoms with Crippen molar-refractivity contribution in [3.63, 3.8) is 0 Å². The summed E-state index contributed by atoms with van der Waals surface area (Å²) in [5.41, 5.74) is 2.67. The van der Waals surface area contributed by atoms with E-state index in [1.54, 1.807) is 12.3 Å². The van der Waals surface area contributed by atoms with Crippen LogP contribution in [0.3, 0.4) is 0 Å². The Hall–Kier alpha value is -3.62. The van der Waals surface area contributed by atoms with Gasteiger partial charge in [-0.05, 0) is 50.3 Å². The topological polar surface area (TPSA) is 130 Å². The third kappa shape index (κ3) is 3.98. The molecule has 32 heavy (non-hydrogen) atoms. The number of aliphatic carboxylic acids is 1. The lowest BCUT2D eigenvalue weighted by atomic mass is 10.0. The average molecular weight is 440 g/mol. The highest BCUT2D eigenvalue weighted by Crippen LogP contribution is 2.29. The van der Waals surface area contributed by atoms with Crippen LogP contribution in [0.15, 0.2) is 32.0 Å². The number of furan rings is 1. The second-order valence-electron chi connectivity index (χ2n) is 8.12. The van der Waals surface area contributed by atoms with Crippen LogP contribution < -0.4 is 10.9 Å². The number of fused-ring (bicyclic) bond motifs is 2. The van der Waals surface area contributed by atoms with Gasteiger partial charge in [0.15, 0.2) is 0 Å². The first kappa shape index (κ1) is 21.6. The molecule has 1 fully saturated rings. The van der Waals surface area contributed by atoms with Crippen LogP contribution in [0.2, 0.25) is 0 Å². The lowest BCUT2D eigenvalue weighted by Gasteiger charge is -2.21. The highest BCUT2D eigenvalue weighted by atomic mass is 16.4. The minimum atomic E-state index is -1.04. The Morgan fingerprint density at radius 2 is 1.97 bits per heavy atom. The molecular formula is C23H24N2O7. The van der Waals surface area contributed by atoms with E-state index in [1.807, 2.05) is 19.9 Å². The Morgan fingerprint density at radius 1 is 1.19 bits per heavy atom. The van der Waals surface area contributed by atoms with Gasteiger partial charge in [0.05, 0.1) is 12.8 Å². The Bertz CT molecular complexity index is 1290. The summed E-state index contributed by atoms with van der Waals surface area (Å²) in [4.78, 5) is 49.6. The minimum absolute atomic E-state index is 0.000270. The number of nitrogens with zero attached hydrogens (tertiary/aromatic N) is 1. The van der Waals surface area contributed by atoms with Crippen molar-refractivity contribution in [1.29, 1.82) is 0 Å². The van der Waals surface area contributed by atoms with Crippen LogP contribution in [0.5, 0.6) is 0 Å². The standard InChI is InChI=1S/C23H24N2O7/c1-12-11-31-18-9-19-16(8-15(12)18)13(2)14(23(30)32-19)5-6-20(26)24-10-21(27)25-7-3-4-17(25)22(28)29/h8-9,11,17H,3-7,10H2,1-2H3,(H,24,26)(H,28,29)/t17-/m0/s1. The van der Waals surface area contributed by atoms with E-state index in [9.17, 15) is 24.3 Å². The number of aryl methyl sites for hydroxylation is 2. The van der Waals surface area contributed by atoms with Crippen LogP contribution in [0.1, 0.15) is 36.0 Å². The van der Waals surface area contributed by atoms with E-state index in [0.29, 0.717) is 36.1 Å². The number of rotatable bonds is 6. The SMILES string of the molecule is Cc1coc2cc3oc(=O)c(CCC(=O)NCC(=O)N4CCC[C@H]4C(=O)O)c(C)c3cc12. The molecule has 1 atom stereocenters. The summed E-state index contributed by atoms with van der Waals surface area (Å²) in [7, 11) is 0. The van der Waals surface area contributed by atoms with Crippen LogP contribution in [-0.2, 0) is 20.8 Å². The predicted molar refractivity (Wildman–Crippen MR) is 115 cm³/mol. The third-order valence-electron chi connectivity index (χ3n) is 6.07. The highest BCUT2D eigenvalue weighted by molar-refractivity contribution is 5.96. The molecule has 0 unspecified atom stereocenters. The first-order chi connectivity index (χ1) is 15.3. The average Bonchev–Trinajstić information content (AvgIpc) is 3.38. The van der Waals surface area contributed by atoms with Crippen molar-refractivity contribution in [2.75, 3.05) is 13.1 Å². The molecule has 0 aliphatic carbocycles. The van der Waals surface area contributed by atoms with Gasteiger partial charge < -0.3 is 24.2 Å². The number of nitrogens with one attached hydrogen (secondary N) is 1. The van der Waals surface area contributed by atoms with Crippen LogP contribution in [-0.4, -0.2) is 46.9 Å². The largest absolute Gasteiger partial charge is 0.480 e. The third-order valence-corrected chi connectivity index (χ3v) is 6.07. The summed E-state index contributed by atoms with van der Waals surface area (Å²) in [6.45, 7) is 3.84. The van der Waals surface area contributed by atoms with Crippen molar-refractivity contribution >= 4 is 39.7 Å². The lowest BCUT2D eigenvalue weighted by molar-refractivity contribution is -0.148. The van der Waals surface area contributed by atoms with Crippen molar-refractivity contribution < 1.29 is 28.3 Å². The molecule has 4 rings (SSSR count). The first-order valence-electron chi connectivity index (χ1n) is 10.5. The number of benzene rings is 1. The normalized spacial score (nSPS) is 16.1. The molecule has 1 aliphatic rings. The van der Waals surface area contributed by atoms with E-state index < -0.39 is 29.5 Å². The highest BCUT2D eigenvalue weighted by Gasteiger charge is 2.33. The first-order valence-corrected chi connectivity index (χ1v) is 10.5. The zero-order chi connectivity index (χ0) is 23.0. The summed E-state index contributed by atoms with van der Waals surface area (Å²) in [5, 5.41) is 13.4. The van der Waals surface area contributed by atoms with Crippen molar-refractivity contribution in [2.45, 2.75) is 45.6 Å². The predicted octanol–water partition coefficient (Wildman–Crippen LogP) is 2.28. The Labute approximate surface area is 183 Å². The van der Waals surface area contributed by atoms with Gasteiger partial charge in [-0.1, -0.05) is 0 Å². The molecule has 2 aromatic heterocycles. The van der Waals surface area contributed by atoms with Gasteiger partial charge in [0.25, 0.3) is 0 Å². The van der Waals surface area contributed by atoms with Crippen LogP contribution >= 0.6 is 0 Å². The molecule has 1 aliphatic heterocycles. The number of hydrogen-bond donors (Lipinski definition) is 2. The molecule has 3 heterocycles. The maximum atomic E-state index is 12.5. The molecule has 2 N–H and O–H groups in total. The molecule has 0 saturated carbocycles. The lowest BCUT2D eigenvalue weighted by Crippen LogP contribution is -2.45. The molecular weight excluding hydrogens is 416 g/mol. The van der Waals surface area contributed by atoms with E-state index in [1.165, 1.54) is 4.90 Å². The maximum Gasteiger partial charge on any atom is 0.339 e. The summed E-state index contributed by atoms with van der Waals surface area (Å²) in [6.07, 6.45) is 2.84. The Morgan fingerprint density at radius 3 is 2.72 bits per heavy atom. The monoisotopic (exact) mass is 440 g/mol. The zero-order valence-corrected chi connectivity index (χ0v) is 17.9. The van der Waals surface area contributed by atoms with E-state index in [2.05, 4.69) is 5.32 Å². The number of hydrogen-bond acceptors (Lipinski definition) is 6. The van der Waals surface area contributed by atoms with Gasteiger partial charge in [0, 0.05) is 35.4 Å². The number of amides is 2. The fourth-order valence-corrected chi connectivity index (χ4v) is 4.25. The minimum Gasteiger partial charge on any atom is -0.480 e. The molecule has 0 spiro atoms. The molecule has 1 saturated heterocycles. The van der Waals surface area contributed by atoms with Gasteiger partial charge in [-0.15, -0.1) is 0 Å². The second-order valence-corrected chi connectivity index (χ2v) is 8.12. The van der Waals surface area contributed by atoms with Crippen molar-refractivity contribution in [3.8, 4) is 0 Å². The summed E-state index contributed by atoms with van der Waals surface area (Å²) < 4.78 is 10.9. The number of likely N-dealkylation sites (tertiary alicyclic amines) is 1. The molecule has 0 bridgehead atoms. The van der Waals surface area contributed by atoms with Crippen LogP contribution in [0.4, 0.5) is 0 Å². The summed E-state index contributed by atoms with van der Waals surface area (Å²) in [6, 6.07) is 2.77. The molecule has 9 heteroatoms. The Kier molecular flexibility index (Phi) is 5.73. The second kappa shape index (κ2) is 8.49. The van der Waals surface area contributed by atoms with E-state index >= 15 is 0 Å². The van der Waals surface area contributed by atoms with E-state index in [-0.39, 0.29) is 19.4 Å². The maximum absolute atomic E-state index is 12.5.